The Hall–Kier alpha value is -2.81. The summed E-state index contributed by atoms with van der Waals surface area (Å²) in [5.74, 6) is 0.850. The minimum Gasteiger partial charge on any atom is -0.383 e. The first kappa shape index (κ1) is 22.4. The summed E-state index contributed by atoms with van der Waals surface area (Å²) in [4.78, 5) is 15.0. The van der Waals surface area contributed by atoms with Gasteiger partial charge in [0.25, 0.3) is 0 Å². The van der Waals surface area contributed by atoms with Gasteiger partial charge < -0.3 is 21.3 Å². The lowest BCUT2D eigenvalue weighted by atomic mass is 9.76. The number of hydrogen-bond acceptors (Lipinski definition) is 8. The molecule has 3 heterocycles. The summed E-state index contributed by atoms with van der Waals surface area (Å²) >= 11 is 0.0189. The molecule has 0 aromatic carbocycles. The fraction of sp³-hybridized carbons (Fsp3) is 0.435. The Morgan fingerprint density at radius 1 is 1.25 bits per heavy atom. The molecular weight excluding hydrogens is 425 g/mol. The number of nitrogens with zero attached hydrogens (tertiary/aromatic N) is 4. The van der Waals surface area contributed by atoms with Gasteiger partial charge >= 0.3 is 0 Å². The summed E-state index contributed by atoms with van der Waals surface area (Å²) in [5, 5.41) is 7.11. The highest BCUT2D eigenvalue weighted by Crippen LogP contribution is 2.39. The SMILES string of the molecule is C=C(Nc1ncccc1N1CCC(C)(NC2=CC(C)(C)C2)CC1)c1nc(SF)cnc1N. The highest BCUT2D eigenvalue weighted by atomic mass is 32.2. The number of nitrogen functional groups attached to an aromatic ring is 1. The average Bonchev–Trinajstić information content (AvgIpc) is 2.74. The zero-order chi connectivity index (χ0) is 22.9. The molecule has 32 heavy (non-hydrogen) atoms. The van der Waals surface area contributed by atoms with Crippen molar-refractivity contribution in [1.29, 1.82) is 0 Å². The van der Waals surface area contributed by atoms with Crippen LogP contribution in [0.5, 0.6) is 0 Å². The maximum absolute atomic E-state index is 12.9. The number of piperidine rings is 1. The minimum absolute atomic E-state index is 0.0189. The standard InChI is InChI=1S/C23H30FN7S/c1-15(19-20(25)27-14-18(29-19)32-24)28-21-17(6-5-9-26-21)31-10-7-23(4,8-11-31)30-16-12-22(2,3)13-16/h5-6,9,12,14,30H,1,7-8,10-11,13H2,2-4H3,(H2,25,27)(H,26,28). The molecule has 0 amide bonds. The van der Waals surface area contributed by atoms with E-state index in [-0.39, 0.29) is 28.5 Å². The van der Waals surface area contributed by atoms with E-state index < -0.39 is 0 Å². The van der Waals surface area contributed by atoms with Gasteiger partial charge in [-0.2, -0.15) is 3.89 Å². The molecule has 0 saturated carbocycles. The van der Waals surface area contributed by atoms with Crippen molar-refractivity contribution >= 4 is 35.2 Å². The normalized spacial score (nSPS) is 19.0. The second-order valence-electron chi connectivity index (χ2n) is 9.50. The van der Waals surface area contributed by atoms with Crippen molar-refractivity contribution in [1.82, 2.24) is 20.3 Å². The van der Waals surface area contributed by atoms with Gasteiger partial charge in [-0.25, -0.2) is 15.0 Å². The van der Waals surface area contributed by atoms with E-state index in [4.69, 9.17) is 5.73 Å². The maximum Gasteiger partial charge on any atom is 0.154 e. The number of nitrogens with one attached hydrogen (secondary N) is 2. The Balaban J connectivity index is 1.45. The topological polar surface area (TPSA) is 92.0 Å². The zero-order valence-electron chi connectivity index (χ0n) is 18.8. The third-order valence-corrected chi connectivity index (χ3v) is 6.44. The monoisotopic (exact) mass is 455 g/mol. The van der Waals surface area contributed by atoms with Gasteiger partial charge in [-0.3, -0.25) is 0 Å². The molecule has 2 aromatic rings. The number of pyridine rings is 1. The summed E-state index contributed by atoms with van der Waals surface area (Å²) in [6, 6.07) is 3.96. The van der Waals surface area contributed by atoms with Crippen LogP contribution in [0.3, 0.4) is 0 Å². The van der Waals surface area contributed by atoms with Gasteiger partial charge in [-0.15, -0.1) is 0 Å². The van der Waals surface area contributed by atoms with Gasteiger partial charge in [0.1, 0.15) is 22.9 Å². The lowest BCUT2D eigenvalue weighted by molar-refractivity contribution is 0.277. The molecule has 4 rings (SSSR count). The highest BCUT2D eigenvalue weighted by molar-refractivity contribution is 7.94. The van der Waals surface area contributed by atoms with E-state index in [9.17, 15) is 3.89 Å². The minimum atomic E-state index is 0.0189. The third kappa shape index (κ3) is 4.82. The highest BCUT2D eigenvalue weighted by Gasteiger charge is 2.35. The van der Waals surface area contributed by atoms with Crippen LogP contribution in [0.15, 0.2) is 47.9 Å². The second kappa shape index (κ2) is 8.61. The summed E-state index contributed by atoms with van der Waals surface area (Å²) in [6.07, 6.45) is 8.51. The van der Waals surface area contributed by atoms with Crippen LogP contribution >= 0.6 is 12.1 Å². The molecule has 9 heteroatoms. The largest absolute Gasteiger partial charge is 0.383 e. The lowest BCUT2D eigenvalue weighted by Crippen LogP contribution is -2.52. The molecule has 4 N–H and O–H groups in total. The molecule has 1 saturated heterocycles. The number of aromatic nitrogens is 3. The van der Waals surface area contributed by atoms with Crippen LogP contribution in [-0.2, 0) is 0 Å². The van der Waals surface area contributed by atoms with Crippen molar-refractivity contribution in [2.24, 2.45) is 5.41 Å². The Morgan fingerprint density at radius 3 is 2.62 bits per heavy atom. The van der Waals surface area contributed by atoms with E-state index in [1.807, 2.05) is 12.1 Å². The number of halogens is 1. The van der Waals surface area contributed by atoms with Gasteiger partial charge in [-0.05, 0) is 43.7 Å². The second-order valence-corrected chi connectivity index (χ2v) is 10.1. The van der Waals surface area contributed by atoms with Crippen LogP contribution in [0, 0.1) is 5.41 Å². The van der Waals surface area contributed by atoms with Crippen molar-refractivity contribution in [3.63, 3.8) is 0 Å². The first-order chi connectivity index (χ1) is 15.2. The average molecular weight is 456 g/mol. The number of hydrogen-bond donors (Lipinski definition) is 3. The van der Waals surface area contributed by atoms with E-state index >= 15 is 0 Å². The summed E-state index contributed by atoms with van der Waals surface area (Å²) < 4.78 is 12.9. The molecule has 0 spiro atoms. The van der Waals surface area contributed by atoms with Crippen LogP contribution in [0.1, 0.15) is 45.7 Å². The molecule has 2 aliphatic rings. The number of anilines is 3. The first-order valence-corrected chi connectivity index (χ1v) is 11.5. The Labute approximate surface area is 193 Å². The van der Waals surface area contributed by atoms with E-state index in [0.717, 1.165) is 38.0 Å². The Morgan fingerprint density at radius 2 is 1.97 bits per heavy atom. The molecule has 170 valence electrons. The van der Waals surface area contributed by atoms with E-state index in [2.05, 4.69) is 63.9 Å². The summed E-state index contributed by atoms with van der Waals surface area (Å²) in [7, 11) is 0. The number of nitrogens with two attached hydrogens (primary N) is 1. The van der Waals surface area contributed by atoms with Crippen molar-refractivity contribution in [3.8, 4) is 0 Å². The fourth-order valence-corrected chi connectivity index (χ4v) is 4.58. The quantitative estimate of drug-likeness (QED) is 0.550. The van der Waals surface area contributed by atoms with Crippen LogP contribution in [0.4, 0.5) is 21.2 Å². The van der Waals surface area contributed by atoms with Crippen LogP contribution in [-0.4, -0.2) is 33.6 Å². The van der Waals surface area contributed by atoms with Crippen molar-refractivity contribution in [3.05, 3.63) is 48.6 Å². The van der Waals surface area contributed by atoms with Crippen LogP contribution in [0.2, 0.25) is 0 Å². The predicted octanol–water partition coefficient (Wildman–Crippen LogP) is 4.78. The molecule has 0 radical (unpaired) electrons. The molecule has 7 nitrogen and oxygen atoms in total. The molecule has 1 fully saturated rings. The van der Waals surface area contributed by atoms with Crippen molar-refractivity contribution < 1.29 is 3.89 Å². The molecule has 1 aliphatic heterocycles. The van der Waals surface area contributed by atoms with Crippen molar-refractivity contribution in [2.75, 3.05) is 29.0 Å². The number of rotatable bonds is 7. The summed E-state index contributed by atoms with van der Waals surface area (Å²) in [6.45, 7) is 12.7. The molecule has 2 aromatic heterocycles. The lowest BCUT2D eigenvalue weighted by Gasteiger charge is -2.45. The third-order valence-electron chi connectivity index (χ3n) is 6.08. The first-order valence-electron chi connectivity index (χ1n) is 10.8. The van der Waals surface area contributed by atoms with E-state index in [1.165, 1.54) is 11.9 Å². The Kier molecular flexibility index (Phi) is 6.03. The van der Waals surface area contributed by atoms with Gasteiger partial charge in [0.2, 0.25) is 0 Å². The van der Waals surface area contributed by atoms with Gasteiger partial charge in [-0.1, -0.05) is 26.5 Å². The molecule has 0 atom stereocenters. The van der Waals surface area contributed by atoms with Gasteiger partial charge in [0, 0.05) is 30.5 Å². The van der Waals surface area contributed by atoms with Crippen LogP contribution < -0.4 is 21.3 Å². The Bertz CT molecular complexity index is 1040. The van der Waals surface area contributed by atoms with Crippen LogP contribution in [0.25, 0.3) is 5.70 Å². The maximum atomic E-state index is 12.9. The number of allylic oxidation sites excluding steroid dienone is 2. The van der Waals surface area contributed by atoms with Crippen molar-refractivity contribution in [2.45, 2.75) is 50.6 Å². The predicted molar refractivity (Wildman–Crippen MR) is 130 cm³/mol. The van der Waals surface area contributed by atoms with E-state index in [1.54, 1.807) is 6.20 Å². The summed E-state index contributed by atoms with van der Waals surface area (Å²) in [5.41, 5.74) is 9.43. The smallest absolute Gasteiger partial charge is 0.154 e. The molecular formula is C23H30FN7S. The molecule has 1 aliphatic carbocycles. The molecule has 0 unspecified atom stereocenters. The van der Waals surface area contributed by atoms with Gasteiger partial charge in [0.15, 0.2) is 11.6 Å². The fourth-order valence-electron chi connectivity index (χ4n) is 4.36. The molecule has 0 bridgehead atoms. The van der Waals surface area contributed by atoms with Gasteiger partial charge in [0.05, 0.1) is 17.6 Å². The van der Waals surface area contributed by atoms with E-state index in [0.29, 0.717) is 22.6 Å². The zero-order valence-corrected chi connectivity index (χ0v) is 19.6.